The zero-order valence-corrected chi connectivity index (χ0v) is 17.9. The molecule has 0 spiro atoms. The van der Waals surface area contributed by atoms with E-state index in [0.717, 1.165) is 23.0 Å². The molecule has 1 aromatic heterocycles. The molecule has 2 N–H and O–H groups in total. The van der Waals surface area contributed by atoms with E-state index in [1.54, 1.807) is 18.4 Å². The zero-order chi connectivity index (χ0) is 18.2. The fraction of sp³-hybridized carbons (Fsp3) is 0.375. The van der Waals surface area contributed by atoms with E-state index >= 15 is 0 Å². The zero-order valence-electron chi connectivity index (χ0n) is 14.8. The summed E-state index contributed by atoms with van der Waals surface area (Å²) in [7, 11) is 5.56. The van der Waals surface area contributed by atoms with Crippen LogP contribution in [-0.4, -0.2) is 45.2 Å². The largest absolute Gasteiger partial charge is 0.492 e. The number of rotatable bonds is 7. The van der Waals surface area contributed by atoms with E-state index in [9.17, 15) is 8.78 Å². The molecule has 0 aliphatic rings. The van der Waals surface area contributed by atoms with Crippen LogP contribution in [-0.2, 0) is 6.54 Å². The van der Waals surface area contributed by atoms with Gasteiger partial charge < -0.3 is 20.3 Å². The quantitative estimate of drug-likeness (QED) is 0.267. The number of benzene rings is 1. The van der Waals surface area contributed by atoms with E-state index in [1.165, 1.54) is 6.07 Å². The number of hydrogen-bond donors (Lipinski definition) is 2. The van der Waals surface area contributed by atoms with Crippen LogP contribution >= 0.6 is 35.3 Å². The molecule has 2 aromatic rings. The highest BCUT2D eigenvalue weighted by atomic mass is 127. The maximum atomic E-state index is 13.1. The molecule has 0 saturated carbocycles. The monoisotopic (exact) mass is 497 g/mol. The first-order valence-corrected chi connectivity index (χ1v) is 8.51. The van der Waals surface area contributed by atoms with Gasteiger partial charge in [-0.1, -0.05) is 0 Å². The lowest BCUT2D eigenvalue weighted by Crippen LogP contribution is -2.38. The second-order valence-electron chi connectivity index (χ2n) is 5.29. The van der Waals surface area contributed by atoms with Crippen molar-refractivity contribution in [3.05, 3.63) is 40.9 Å². The van der Waals surface area contributed by atoms with E-state index < -0.39 is 11.6 Å². The van der Waals surface area contributed by atoms with Crippen LogP contribution in [0.5, 0.6) is 5.75 Å². The predicted octanol–water partition coefficient (Wildman–Crippen LogP) is 2.85. The summed E-state index contributed by atoms with van der Waals surface area (Å²) in [4.78, 5) is 10.5. The van der Waals surface area contributed by atoms with Gasteiger partial charge in [-0.2, -0.15) is 0 Å². The third kappa shape index (κ3) is 6.90. The summed E-state index contributed by atoms with van der Waals surface area (Å²) in [5, 5.41) is 9.16. The molecule has 0 radical (unpaired) electrons. The standard InChI is InChI=1S/C16H21F2N5OS.HI/c1-19-15(21-9-11-10-25-16(22-11)23(2)3)20-6-7-24-12-4-5-13(17)14(18)8-12;/h4-5,8,10H,6-7,9H2,1-3H3,(H2,19,20,21);1H. The van der Waals surface area contributed by atoms with Gasteiger partial charge in [0.15, 0.2) is 22.7 Å². The van der Waals surface area contributed by atoms with Gasteiger partial charge in [0.1, 0.15) is 12.4 Å². The molecule has 26 heavy (non-hydrogen) atoms. The predicted molar refractivity (Wildman–Crippen MR) is 112 cm³/mol. The Balaban J connectivity index is 0.00000338. The smallest absolute Gasteiger partial charge is 0.191 e. The molecule has 0 atom stereocenters. The molecule has 0 amide bonds. The first kappa shape index (κ1) is 22.4. The van der Waals surface area contributed by atoms with E-state index in [1.807, 2.05) is 24.4 Å². The van der Waals surface area contributed by atoms with Gasteiger partial charge in [-0.25, -0.2) is 13.8 Å². The van der Waals surface area contributed by atoms with Crippen LogP contribution in [0.4, 0.5) is 13.9 Å². The summed E-state index contributed by atoms with van der Waals surface area (Å²) >= 11 is 1.58. The molecule has 1 aromatic carbocycles. The normalized spacial score (nSPS) is 10.9. The lowest BCUT2D eigenvalue weighted by atomic mass is 10.3. The fourth-order valence-corrected chi connectivity index (χ4v) is 2.64. The summed E-state index contributed by atoms with van der Waals surface area (Å²) in [5.74, 6) is -0.937. The van der Waals surface area contributed by atoms with E-state index in [2.05, 4.69) is 20.6 Å². The molecule has 0 fully saturated rings. The van der Waals surface area contributed by atoms with Crippen molar-refractivity contribution in [1.29, 1.82) is 0 Å². The highest BCUT2D eigenvalue weighted by Gasteiger charge is 2.05. The first-order valence-electron chi connectivity index (χ1n) is 7.63. The number of guanidine groups is 1. The Labute approximate surface area is 172 Å². The second-order valence-corrected chi connectivity index (χ2v) is 6.13. The van der Waals surface area contributed by atoms with Gasteiger partial charge in [-0.05, 0) is 12.1 Å². The average Bonchev–Trinajstić information content (AvgIpc) is 3.06. The number of hydrogen-bond acceptors (Lipinski definition) is 5. The molecule has 10 heteroatoms. The van der Waals surface area contributed by atoms with Gasteiger partial charge in [0.05, 0.1) is 18.8 Å². The van der Waals surface area contributed by atoms with Crippen molar-refractivity contribution in [3.8, 4) is 5.75 Å². The molecule has 0 unspecified atom stereocenters. The number of aliphatic imine (C=N–C) groups is 1. The van der Waals surface area contributed by atoms with Gasteiger partial charge in [0.25, 0.3) is 0 Å². The summed E-state index contributed by atoms with van der Waals surface area (Å²) < 4.78 is 31.3. The van der Waals surface area contributed by atoms with Gasteiger partial charge in [-0.15, -0.1) is 35.3 Å². The van der Waals surface area contributed by atoms with Crippen LogP contribution in [0.25, 0.3) is 0 Å². The molecule has 0 aliphatic carbocycles. The molecule has 6 nitrogen and oxygen atoms in total. The van der Waals surface area contributed by atoms with Gasteiger partial charge in [0, 0.05) is 32.6 Å². The Hall–Kier alpha value is -1.69. The minimum atomic E-state index is -0.928. The van der Waals surface area contributed by atoms with Crippen LogP contribution in [0, 0.1) is 11.6 Å². The van der Waals surface area contributed by atoms with Crippen LogP contribution in [0.3, 0.4) is 0 Å². The van der Waals surface area contributed by atoms with Crippen LogP contribution in [0.15, 0.2) is 28.6 Å². The number of anilines is 1. The molecular formula is C16H22F2IN5OS. The number of ether oxygens (including phenoxy) is 1. The van der Waals surface area contributed by atoms with Gasteiger partial charge >= 0.3 is 0 Å². The van der Waals surface area contributed by atoms with E-state index in [4.69, 9.17) is 4.74 Å². The number of thiazole rings is 1. The summed E-state index contributed by atoms with van der Waals surface area (Å²) in [5.41, 5.74) is 0.926. The minimum Gasteiger partial charge on any atom is -0.492 e. The Bertz CT molecular complexity index is 726. The number of nitrogens with one attached hydrogen (secondary N) is 2. The van der Waals surface area contributed by atoms with Crippen LogP contribution < -0.4 is 20.3 Å². The molecule has 0 saturated heterocycles. The van der Waals surface area contributed by atoms with Crippen molar-refractivity contribution < 1.29 is 13.5 Å². The van der Waals surface area contributed by atoms with Gasteiger partial charge in [0.2, 0.25) is 0 Å². The molecule has 2 rings (SSSR count). The van der Waals surface area contributed by atoms with Crippen molar-refractivity contribution >= 4 is 46.4 Å². The van der Waals surface area contributed by atoms with Crippen molar-refractivity contribution in [1.82, 2.24) is 15.6 Å². The Morgan fingerprint density at radius 3 is 2.65 bits per heavy atom. The third-order valence-electron chi connectivity index (χ3n) is 3.14. The molecule has 144 valence electrons. The summed E-state index contributed by atoms with van der Waals surface area (Å²) in [6, 6.07) is 3.44. The average molecular weight is 497 g/mol. The molecule has 0 bridgehead atoms. The Morgan fingerprint density at radius 1 is 1.27 bits per heavy atom. The maximum Gasteiger partial charge on any atom is 0.191 e. The van der Waals surface area contributed by atoms with Crippen molar-refractivity contribution in [2.75, 3.05) is 39.2 Å². The van der Waals surface area contributed by atoms with Crippen molar-refractivity contribution in [2.45, 2.75) is 6.54 Å². The van der Waals surface area contributed by atoms with E-state index in [-0.39, 0.29) is 36.3 Å². The highest BCUT2D eigenvalue weighted by molar-refractivity contribution is 14.0. The minimum absolute atomic E-state index is 0. The second kappa shape index (κ2) is 11.1. The third-order valence-corrected chi connectivity index (χ3v) is 4.19. The van der Waals surface area contributed by atoms with E-state index in [0.29, 0.717) is 19.0 Å². The Morgan fingerprint density at radius 2 is 2.04 bits per heavy atom. The summed E-state index contributed by atoms with van der Waals surface area (Å²) in [6.45, 7) is 1.29. The summed E-state index contributed by atoms with van der Waals surface area (Å²) in [6.07, 6.45) is 0. The number of halogens is 3. The number of nitrogens with zero attached hydrogens (tertiary/aromatic N) is 3. The van der Waals surface area contributed by atoms with Gasteiger partial charge in [-0.3, -0.25) is 4.99 Å². The van der Waals surface area contributed by atoms with Crippen molar-refractivity contribution in [3.63, 3.8) is 0 Å². The number of aromatic nitrogens is 1. The van der Waals surface area contributed by atoms with Crippen LogP contribution in [0.1, 0.15) is 5.69 Å². The Kier molecular flexibility index (Phi) is 9.55. The molecule has 0 aliphatic heterocycles. The highest BCUT2D eigenvalue weighted by Crippen LogP contribution is 2.17. The fourth-order valence-electron chi connectivity index (χ4n) is 1.88. The lowest BCUT2D eigenvalue weighted by Gasteiger charge is -2.12. The first-order chi connectivity index (χ1) is 12.0. The topological polar surface area (TPSA) is 61.8 Å². The van der Waals surface area contributed by atoms with Crippen LogP contribution in [0.2, 0.25) is 0 Å². The van der Waals surface area contributed by atoms with Crippen molar-refractivity contribution in [2.24, 2.45) is 4.99 Å². The molecular weight excluding hydrogens is 475 g/mol. The SMILES string of the molecule is CN=C(NCCOc1ccc(F)c(F)c1)NCc1csc(N(C)C)n1.I. The maximum absolute atomic E-state index is 13.1. The molecule has 1 heterocycles. The lowest BCUT2D eigenvalue weighted by molar-refractivity contribution is 0.318.